The second kappa shape index (κ2) is 8.17. The van der Waals surface area contributed by atoms with Crippen LogP contribution in [0.15, 0.2) is 48.8 Å². The topological polar surface area (TPSA) is 97.7 Å². The van der Waals surface area contributed by atoms with E-state index in [-0.39, 0.29) is 6.04 Å². The summed E-state index contributed by atoms with van der Waals surface area (Å²) < 4.78 is 1.75. The number of rotatable bonds is 3. The number of piperazine rings is 1. The van der Waals surface area contributed by atoms with Gasteiger partial charge in [-0.25, -0.2) is 9.67 Å². The Hall–Kier alpha value is -3.75. The molecule has 2 fully saturated rings. The molecular formula is C23H22N8. The minimum Gasteiger partial charge on any atom is -0.353 e. The Kier molecular flexibility index (Phi) is 5.07. The third-order valence-corrected chi connectivity index (χ3v) is 6.24. The number of nitrogens with zero attached hydrogens (tertiary/aromatic N) is 8. The van der Waals surface area contributed by atoms with E-state index in [1.807, 2.05) is 36.5 Å². The number of hydrogen-bond donors (Lipinski definition) is 0. The van der Waals surface area contributed by atoms with E-state index < -0.39 is 0 Å². The Morgan fingerprint density at radius 3 is 2.84 bits per heavy atom. The van der Waals surface area contributed by atoms with E-state index in [4.69, 9.17) is 5.26 Å². The fraction of sp³-hybridized carbons (Fsp3) is 0.348. The zero-order chi connectivity index (χ0) is 21.2. The number of hydrogen-bond acceptors (Lipinski definition) is 7. The van der Waals surface area contributed by atoms with Gasteiger partial charge in [-0.2, -0.15) is 10.5 Å². The molecule has 2 aromatic heterocycles. The molecule has 31 heavy (non-hydrogen) atoms. The molecule has 0 spiro atoms. The number of nitriles is 2. The van der Waals surface area contributed by atoms with E-state index in [1.54, 1.807) is 16.9 Å². The van der Waals surface area contributed by atoms with Crippen molar-refractivity contribution in [2.24, 2.45) is 0 Å². The van der Waals surface area contributed by atoms with Crippen molar-refractivity contribution in [2.45, 2.75) is 31.3 Å². The molecule has 2 atom stereocenters. The van der Waals surface area contributed by atoms with Gasteiger partial charge in [-0.15, -0.1) is 5.10 Å². The quantitative estimate of drug-likeness (QED) is 0.655. The lowest BCUT2D eigenvalue weighted by molar-refractivity contribution is 0.0691. The molecule has 0 radical (unpaired) electrons. The molecule has 0 bridgehead atoms. The summed E-state index contributed by atoms with van der Waals surface area (Å²) in [5.74, 6) is 0.787. The van der Waals surface area contributed by atoms with Crippen LogP contribution < -0.4 is 4.90 Å². The Morgan fingerprint density at radius 2 is 1.97 bits per heavy atom. The zero-order valence-electron chi connectivity index (χ0n) is 17.1. The minimum atomic E-state index is 0.230. The molecule has 0 saturated carbocycles. The maximum absolute atomic E-state index is 9.44. The van der Waals surface area contributed by atoms with E-state index in [1.165, 1.54) is 0 Å². The lowest BCUT2D eigenvalue weighted by Gasteiger charge is -2.48. The monoisotopic (exact) mass is 410 g/mol. The molecule has 8 nitrogen and oxygen atoms in total. The SMILES string of the molecule is N#Cc1cccc(-n2cc(C3CCCC4CN(c5ncccc5C#N)CCN43)nn2)c1. The first-order valence-electron chi connectivity index (χ1n) is 10.6. The van der Waals surface area contributed by atoms with Crippen molar-refractivity contribution >= 4 is 5.82 Å². The summed E-state index contributed by atoms with van der Waals surface area (Å²) in [5, 5.41) is 27.4. The van der Waals surface area contributed by atoms with Crippen molar-refractivity contribution < 1.29 is 0 Å². The summed E-state index contributed by atoms with van der Waals surface area (Å²) in [6.07, 6.45) is 7.05. The molecule has 0 N–H and O–H groups in total. The first-order valence-corrected chi connectivity index (χ1v) is 10.6. The van der Waals surface area contributed by atoms with E-state index >= 15 is 0 Å². The molecule has 5 rings (SSSR count). The molecular weight excluding hydrogens is 388 g/mol. The number of piperidine rings is 1. The Labute approximate surface area is 181 Å². The van der Waals surface area contributed by atoms with Crippen LogP contribution in [0.4, 0.5) is 5.82 Å². The smallest absolute Gasteiger partial charge is 0.146 e. The highest BCUT2D eigenvalue weighted by atomic mass is 15.4. The summed E-state index contributed by atoms with van der Waals surface area (Å²) in [5.41, 5.74) is 3.05. The van der Waals surface area contributed by atoms with Gasteiger partial charge in [0.25, 0.3) is 0 Å². The van der Waals surface area contributed by atoms with Crippen LogP contribution >= 0.6 is 0 Å². The normalized spacial score (nSPS) is 21.2. The van der Waals surface area contributed by atoms with Crippen LogP contribution in [0.5, 0.6) is 0 Å². The van der Waals surface area contributed by atoms with Gasteiger partial charge in [0.1, 0.15) is 17.6 Å². The highest BCUT2D eigenvalue weighted by Crippen LogP contribution is 2.36. The third-order valence-electron chi connectivity index (χ3n) is 6.24. The maximum Gasteiger partial charge on any atom is 0.146 e. The maximum atomic E-state index is 9.44. The van der Waals surface area contributed by atoms with Gasteiger partial charge in [-0.3, -0.25) is 4.90 Å². The predicted octanol–water partition coefficient (Wildman–Crippen LogP) is 2.82. The number of aromatic nitrogens is 4. The zero-order valence-corrected chi connectivity index (χ0v) is 17.1. The Bertz CT molecular complexity index is 1170. The highest BCUT2D eigenvalue weighted by molar-refractivity contribution is 5.54. The molecule has 0 amide bonds. The summed E-state index contributed by atoms with van der Waals surface area (Å²) in [4.78, 5) is 9.25. The van der Waals surface area contributed by atoms with Crippen LogP contribution in [0.1, 0.15) is 42.1 Å². The average Bonchev–Trinajstić information content (AvgIpc) is 3.33. The van der Waals surface area contributed by atoms with Crippen LogP contribution in [0.2, 0.25) is 0 Å². The van der Waals surface area contributed by atoms with Crippen LogP contribution in [0.3, 0.4) is 0 Å². The molecule has 2 unspecified atom stereocenters. The van der Waals surface area contributed by atoms with Crippen molar-refractivity contribution in [2.75, 3.05) is 24.5 Å². The lowest BCUT2D eigenvalue weighted by atomic mass is 9.91. The predicted molar refractivity (Wildman–Crippen MR) is 114 cm³/mol. The Balaban J connectivity index is 1.36. The second-order valence-corrected chi connectivity index (χ2v) is 8.02. The summed E-state index contributed by atoms with van der Waals surface area (Å²) >= 11 is 0. The molecule has 2 aliphatic heterocycles. The van der Waals surface area contributed by atoms with Gasteiger partial charge in [0.2, 0.25) is 0 Å². The van der Waals surface area contributed by atoms with Gasteiger partial charge in [-0.05, 0) is 49.6 Å². The molecule has 8 heteroatoms. The third kappa shape index (κ3) is 3.63. The van der Waals surface area contributed by atoms with Gasteiger partial charge in [0, 0.05) is 31.9 Å². The summed E-state index contributed by atoms with van der Waals surface area (Å²) in [7, 11) is 0. The van der Waals surface area contributed by atoms with Crippen molar-refractivity contribution in [1.82, 2.24) is 24.9 Å². The van der Waals surface area contributed by atoms with E-state index in [9.17, 15) is 5.26 Å². The van der Waals surface area contributed by atoms with Crippen molar-refractivity contribution in [3.63, 3.8) is 0 Å². The number of fused-ring (bicyclic) bond motifs is 1. The molecule has 0 aliphatic carbocycles. The fourth-order valence-electron chi connectivity index (χ4n) is 4.77. The standard InChI is InChI=1S/C23H22N8/c24-13-17-4-1-6-19(12-17)31-16-21(27-28-31)22-8-2-7-20-15-29(10-11-30(20)22)23-18(14-25)5-3-9-26-23/h1,3-6,9,12,16,20,22H,2,7-8,10-11,15H2. The second-order valence-electron chi connectivity index (χ2n) is 8.02. The van der Waals surface area contributed by atoms with Crippen molar-refractivity contribution in [3.8, 4) is 17.8 Å². The van der Waals surface area contributed by atoms with Crippen molar-refractivity contribution in [3.05, 3.63) is 65.6 Å². The molecule has 4 heterocycles. The molecule has 3 aromatic rings. The largest absolute Gasteiger partial charge is 0.353 e. The van der Waals surface area contributed by atoms with Crippen LogP contribution in [0.25, 0.3) is 5.69 Å². The van der Waals surface area contributed by atoms with Gasteiger partial charge >= 0.3 is 0 Å². The fourth-order valence-corrected chi connectivity index (χ4v) is 4.77. The van der Waals surface area contributed by atoms with Crippen LogP contribution in [-0.2, 0) is 0 Å². The molecule has 154 valence electrons. The number of anilines is 1. The first-order chi connectivity index (χ1) is 15.3. The van der Waals surface area contributed by atoms with Gasteiger partial charge in [-0.1, -0.05) is 11.3 Å². The minimum absolute atomic E-state index is 0.230. The Morgan fingerprint density at radius 1 is 1.03 bits per heavy atom. The average molecular weight is 410 g/mol. The van der Waals surface area contributed by atoms with Gasteiger partial charge in [0.05, 0.1) is 35.1 Å². The summed E-state index contributed by atoms with van der Waals surface area (Å²) in [6.45, 7) is 2.59. The van der Waals surface area contributed by atoms with Crippen molar-refractivity contribution in [1.29, 1.82) is 10.5 Å². The number of pyridine rings is 1. The number of benzene rings is 1. The van der Waals surface area contributed by atoms with E-state index in [0.29, 0.717) is 17.2 Å². The molecule has 2 aliphatic rings. The van der Waals surface area contributed by atoms with Crippen LogP contribution in [-0.4, -0.2) is 50.6 Å². The molecule has 1 aromatic carbocycles. The first kappa shape index (κ1) is 19.2. The lowest BCUT2D eigenvalue weighted by Crippen LogP contribution is -2.56. The highest BCUT2D eigenvalue weighted by Gasteiger charge is 2.37. The summed E-state index contributed by atoms with van der Waals surface area (Å²) in [6, 6.07) is 16.1. The van der Waals surface area contributed by atoms with Crippen LogP contribution in [0, 0.1) is 22.7 Å². The molecule has 2 saturated heterocycles. The van der Waals surface area contributed by atoms with E-state index in [2.05, 4.69) is 37.2 Å². The van der Waals surface area contributed by atoms with E-state index in [0.717, 1.165) is 56.1 Å². The van der Waals surface area contributed by atoms with Gasteiger partial charge in [0.15, 0.2) is 0 Å². The van der Waals surface area contributed by atoms with Gasteiger partial charge < -0.3 is 4.90 Å².